The van der Waals surface area contributed by atoms with E-state index < -0.39 is 10.0 Å². The molecule has 4 nitrogen and oxygen atoms in total. The summed E-state index contributed by atoms with van der Waals surface area (Å²) >= 11 is 7.49. The maximum Gasteiger partial charge on any atom is 0.243 e. The van der Waals surface area contributed by atoms with Gasteiger partial charge in [0.2, 0.25) is 10.0 Å². The summed E-state index contributed by atoms with van der Waals surface area (Å²) in [7, 11) is -3.40. The van der Waals surface area contributed by atoms with E-state index in [-0.39, 0.29) is 6.04 Å². The van der Waals surface area contributed by atoms with Gasteiger partial charge < -0.3 is 5.32 Å². The van der Waals surface area contributed by atoms with Gasteiger partial charge in [0.15, 0.2) is 0 Å². The Hall–Kier alpha value is -0.920. The molecule has 0 bridgehead atoms. The van der Waals surface area contributed by atoms with E-state index in [4.69, 9.17) is 11.6 Å². The standard InChI is InChI=1S/C17H23ClN2O2S2/c1-4-20(5-2)24(21,22)16-9-6-14(7-10-16)13(3)19-12-15-8-11-17(18)23-15/h6-11,13,19H,4-5,12H2,1-3H3. The van der Waals surface area contributed by atoms with Crippen LogP contribution in [0.25, 0.3) is 0 Å². The Balaban J connectivity index is 2.05. The van der Waals surface area contributed by atoms with Crippen LogP contribution in [0.3, 0.4) is 0 Å². The molecule has 0 aliphatic heterocycles. The fourth-order valence-corrected chi connectivity index (χ4v) is 4.96. The van der Waals surface area contributed by atoms with Crippen LogP contribution in [-0.2, 0) is 16.6 Å². The summed E-state index contributed by atoms with van der Waals surface area (Å²) in [5.74, 6) is 0. The van der Waals surface area contributed by atoms with Gasteiger partial charge >= 0.3 is 0 Å². The zero-order chi connectivity index (χ0) is 17.7. The molecule has 0 aliphatic carbocycles. The van der Waals surface area contributed by atoms with Gasteiger partial charge in [0.25, 0.3) is 0 Å². The van der Waals surface area contributed by atoms with Gasteiger partial charge in [0.05, 0.1) is 9.23 Å². The van der Waals surface area contributed by atoms with Gasteiger partial charge in [-0.2, -0.15) is 4.31 Å². The second-order valence-corrected chi connectivity index (χ2v) is 9.20. The van der Waals surface area contributed by atoms with Crippen molar-refractivity contribution < 1.29 is 8.42 Å². The van der Waals surface area contributed by atoms with Gasteiger partial charge in [-0.15, -0.1) is 11.3 Å². The van der Waals surface area contributed by atoms with Crippen molar-refractivity contribution in [3.8, 4) is 0 Å². The predicted molar refractivity (Wildman–Crippen MR) is 101 cm³/mol. The number of halogens is 1. The molecular formula is C17H23ClN2O2S2. The third-order valence-corrected chi connectivity index (χ3v) is 7.23. The molecule has 132 valence electrons. The summed E-state index contributed by atoms with van der Waals surface area (Å²) in [6.45, 7) is 7.43. The lowest BCUT2D eigenvalue weighted by Crippen LogP contribution is -2.30. The van der Waals surface area contributed by atoms with Gasteiger partial charge in [-0.3, -0.25) is 0 Å². The first-order chi connectivity index (χ1) is 11.4. The highest BCUT2D eigenvalue weighted by molar-refractivity contribution is 7.89. The molecule has 0 saturated carbocycles. The topological polar surface area (TPSA) is 49.4 Å². The highest BCUT2D eigenvalue weighted by Crippen LogP contribution is 2.23. The normalized spacial score (nSPS) is 13.4. The Morgan fingerprint density at radius 2 is 1.75 bits per heavy atom. The number of nitrogens with zero attached hydrogens (tertiary/aromatic N) is 1. The SMILES string of the molecule is CCN(CC)S(=O)(=O)c1ccc(C(C)NCc2ccc(Cl)s2)cc1. The number of benzene rings is 1. The van der Waals surface area contributed by atoms with Crippen molar-refractivity contribution in [1.29, 1.82) is 0 Å². The first-order valence-corrected chi connectivity index (χ1v) is 10.6. The van der Waals surface area contributed by atoms with Crippen LogP contribution in [0.4, 0.5) is 0 Å². The highest BCUT2D eigenvalue weighted by Gasteiger charge is 2.21. The molecule has 0 aliphatic rings. The van der Waals surface area contributed by atoms with Crippen LogP contribution in [0, 0.1) is 0 Å². The van der Waals surface area contributed by atoms with Crippen molar-refractivity contribution in [1.82, 2.24) is 9.62 Å². The van der Waals surface area contributed by atoms with E-state index in [2.05, 4.69) is 12.2 Å². The van der Waals surface area contributed by atoms with Gasteiger partial charge in [-0.05, 0) is 36.8 Å². The second-order valence-electron chi connectivity index (χ2n) is 5.47. The minimum Gasteiger partial charge on any atom is -0.305 e. The second kappa shape index (κ2) is 8.45. The molecule has 1 unspecified atom stereocenters. The molecule has 2 aromatic rings. The minimum atomic E-state index is -3.40. The average molecular weight is 387 g/mol. The van der Waals surface area contributed by atoms with E-state index in [0.717, 1.165) is 16.4 Å². The highest BCUT2D eigenvalue weighted by atomic mass is 35.5. The summed E-state index contributed by atoms with van der Waals surface area (Å²) in [5.41, 5.74) is 1.05. The van der Waals surface area contributed by atoms with Crippen LogP contribution in [-0.4, -0.2) is 25.8 Å². The van der Waals surface area contributed by atoms with Crippen molar-refractivity contribution in [2.24, 2.45) is 0 Å². The van der Waals surface area contributed by atoms with Crippen LogP contribution in [0.2, 0.25) is 4.34 Å². The molecule has 0 spiro atoms. The largest absolute Gasteiger partial charge is 0.305 e. The molecule has 2 rings (SSSR count). The molecule has 1 aromatic heterocycles. The number of sulfonamides is 1. The minimum absolute atomic E-state index is 0.121. The number of nitrogens with one attached hydrogen (secondary N) is 1. The van der Waals surface area contributed by atoms with Crippen molar-refractivity contribution in [2.75, 3.05) is 13.1 Å². The Labute approximate surface area is 153 Å². The Bertz CT molecular complexity index is 753. The molecule has 1 atom stereocenters. The molecule has 1 aromatic carbocycles. The lowest BCUT2D eigenvalue weighted by molar-refractivity contribution is 0.445. The molecule has 1 N–H and O–H groups in total. The molecule has 0 saturated heterocycles. The summed E-state index contributed by atoms with van der Waals surface area (Å²) in [6, 6.07) is 11.1. The van der Waals surface area contributed by atoms with Crippen LogP contribution in [0.15, 0.2) is 41.3 Å². The Morgan fingerprint density at radius 1 is 1.12 bits per heavy atom. The first kappa shape index (κ1) is 19.4. The van der Waals surface area contributed by atoms with Gasteiger partial charge in [-0.1, -0.05) is 37.6 Å². The molecule has 0 radical (unpaired) electrons. The van der Waals surface area contributed by atoms with Gasteiger partial charge in [-0.25, -0.2) is 8.42 Å². The van der Waals surface area contributed by atoms with Crippen molar-refractivity contribution >= 4 is 33.0 Å². The monoisotopic (exact) mass is 386 g/mol. The summed E-state index contributed by atoms with van der Waals surface area (Å²) in [4.78, 5) is 1.51. The summed E-state index contributed by atoms with van der Waals surface area (Å²) in [6.07, 6.45) is 0. The van der Waals surface area contributed by atoms with Crippen LogP contribution in [0.1, 0.15) is 37.3 Å². The number of rotatable bonds is 8. The molecular weight excluding hydrogens is 364 g/mol. The quantitative estimate of drug-likeness (QED) is 0.736. The van der Waals surface area contributed by atoms with Crippen molar-refractivity contribution in [2.45, 2.75) is 38.3 Å². The van der Waals surface area contributed by atoms with Crippen LogP contribution in [0.5, 0.6) is 0 Å². The smallest absolute Gasteiger partial charge is 0.243 e. The van der Waals surface area contributed by atoms with E-state index in [1.165, 1.54) is 9.18 Å². The summed E-state index contributed by atoms with van der Waals surface area (Å²) in [5, 5.41) is 3.42. The zero-order valence-corrected chi connectivity index (χ0v) is 16.5. The number of hydrogen-bond acceptors (Lipinski definition) is 4. The lowest BCUT2D eigenvalue weighted by Gasteiger charge is -2.19. The number of hydrogen-bond donors (Lipinski definition) is 1. The van der Waals surface area contributed by atoms with E-state index in [1.54, 1.807) is 23.5 Å². The van der Waals surface area contributed by atoms with E-state index in [0.29, 0.717) is 18.0 Å². The number of thiophene rings is 1. The maximum atomic E-state index is 12.5. The van der Waals surface area contributed by atoms with Crippen LogP contribution < -0.4 is 5.32 Å². The van der Waals surface area contributed by atoms with Crippen LogP contribution >= 0.6 is 22.9 Å². The van der Waals surface area contributed by atoms with E-state index in [1.807, 2.05) is 38.1 Å². The zero-order valence-electron chi connectivity index (χ0n) is 14.1. The van der Waals surface area contributed by atoms with Gasteiger partial charge in [0.1, 0.15) is 0 Å². The summed E-state index contributed by atoms with van der Waals surface area (Å²) < 4.78 is 27.2. The fraction of sp³-hybridized carbons (Fsp3) is 0.412. The molecule has 0 amide bonds. The Morgan fingerprint density at radius 3 is 2.25 bits per heavy atom. The molecule has 1 heterocycles. The first-order valence-electron chi connectivity index (χ1n) is 7.96. The third-order valence-electron chi connectivity index (χ3n) is 3.93. The predicted octanol–water partition coefficient (Wildman–Crippen LogP) is 4.28. The third kappa shape index (κ3) is 4.58. The van der Waals surface area contributed by atoms with E-state index in [9.17, 15) is 8.42 Å². The average Bonchev–Trinajstić information content (AvgIpc) is 2.99. The molecule has 7 heteroatoms. The molecule has 0 fully saturated rings. The van der Waals surface area contributed by atoms with Crippen molar-refractivity contribution in [3.63, 3.8) is 0 Å². The lowest BCUT2D eigenvalue weighted by atomic mass is 10.1. The Kier molecular flexibility index (Phi) is 6.83. The maximum absolute atomic E-state index is 12.5. The van der Waals surface area contributed by atoms with Gasteiger partial charge in [0, 0.05) is 30.6 Å². The van der Waals surface area contributed by atoms with Crippen molar-refractivity contribution in [3.05, 3.63) is 51.2 Å². The molecule has 24 heavy (non-hydrogen) atoms. The van der Waals surface area contributed by atoms with E-state index >= 15 is 0 Å². The fourth-order valence-electron chi connectivity index (χ4n) is 2.46.